The van der Waals surface area contributed by atoms with Gasteiger partial charge in [-0.3, -0.25) is 9.69 Å². The summed E-state index contributed by atoms with van der Waals surface area (Å²) in [6.45, 7) is 1.99. The van der Waals surface area contributed by atoms with Crippen molar-refractivity contribution in [2.75, 3.05) is 38.8 Å². The normalized spacial score (nSPS) is 14.4. The predicted octanol–water partition coefficient (Wildman–Crippen LogP) is 2.36. The van der Waals surface area contributed by atoms with E-state index in [0.29, 0.717) is 18.0 Å². The van der Waals surface area contributed by atoms with Crippen LogP contribution in [0.5, 0.6) is 11.5 Å². The van der Waals surface area contributed by atoms with E-state index in [1.807, 2.05) is 12.1 Å². The van der Waals surface area contributed by atoms with Crippen LogP contribution in [0.4, 0.5) is 0 Å². The van der Waals surface area contributed by atoms with Crippen molar-refractivity contribution < 1.29 is 22.7 Å². The van der Waals surface area contributed by atoms with E-state index >= 15 is 0 Å². The molecule has 2 aromatic carbocycles. The molecule has 0 aliphatic carbocycles. The van der Waals surface area contributed by atoms with Gasteiger partial charge in [0.15, 0.2) is 15.6 Å². The van der Waals surface area contributed by atoms with Crippen molar-refractivity contribution >= 4 is 15.6 Å². The SMILES string of the molecule is COc1cc(OC)cc(C(=O)CS(=O)(=O)CCN2CCc3ccccc3C2)c1. The van der Waals surface area contributed by atoms with Crippen LogP contribution in [-0.4, -0.2) is 57.9 Å². The monoisotopic (exact) mass is 403 g/mol. The van der Waals surface area contributed by atoms with Crippen LogP contribution in [0.1, 0.15) is 21.5 Å². The van der Waals surface area contributed by atoms with Crippen LogP contribution < -0.4 is 9.47 Å². The zero-order valence-corrected chi connectivity index (χ0v) is 17.0. The maximum Gasteiger partial charge on any atom is 0.178 e. The van der Waals surface area contributed by atoms with Crippen LogP contribution in [0.2, 0.25) is 0 Å². The average Bonchev–Trinajstić information content (AvgIpc) is 2.71. The van der Waals surface area contributed by atoms with Gasteiger partial charge in [0.1, 0.15) is 17.3 Å². The van der Waals surface area contributed by atoms with Crippen LogP contribution in [-0.2, 0) is 22.8 Å². The number of Topliss-reactive ketones (excluding diaryl/α,β-unsaturated/α-hetero) is 1. The van der Waals surface area contributed by atoms with Gasteiger partial charge in [0.2, 0.25) is 0 Å². The van der Waals surface area contributed by atoms with Crippen molar-refractivity contribution in [3.8, 4) is 11.5 Å². The number of carbonyl (C=O) groups excluding carboxylic acids is 1. The summed E-state index contributed by atoms with van der Waals surface area (Å²) >= 11 is 0. The van der Waals surface area contributed by atoms with E-state index in [2.05, 4.69) is 17.0 Å². The highest BCUT2D eigenvalue weighted by Gasteiger charge is 2.22. The molecule has 7 heteroatoms. The summed E-state index contributed by atoms with van der Waals surface area (Å²) in [5, 5.41) is 0. The first-order valence-corrected chi connectivity index (χ1v) is 11.0. The Kier molecular flexibility index (Phi) is 6.36. The van der Waals surface area contributed by atoms with E-state index in [9.17, 15) is 13.2 Å². The number of hydrogen-bond acceptors (Lipinski definition) is 6. The second-order valence-corrected chi connectivity index (χ2v) is 9.10. The minimum Gasteiger partial charge on any atom is -0.497 e. The molecule has 3 rings (SSSR count). The summed E-state index contributed by atoms with van der Waals surface area (Å²) in [4.78, 5) is 14.6. The molecule has 0 spiro atoms. The van der Waals surface area contributed by atoms with Gasteiger partial charge < -0.3 is 9.47 Å². The van der Waals surface area contributed by atoms with Gasteiger partial charge in [0.05, 0.1) is 20.0 Å². The minimum atomic E-state index is -3.52. The first kappa shape index (κ1) is 20.4. The molecule has 0 radical (unpaired) electrons. The van der Waals surface area contributed by atoms with E-state index in [4.69, 9.17) is 9.47 Å². The lowest BCUT2D eigenvalue weighted by Crippen LogP contribution is -2.35. The molecule has 28 heavy (non-hydrogen) atoms. The van der Waals surface area contributed by atoms with E-state index in [1.54, 1.807) is 6.07 Å². The Balaban J connectivity index is 1.60. The third kappa shape index (κ3) is 5.11. The van der Waals surface area contributed by atoms with Crippen molar-refractivity contribution in [3.05, 3.63) is 59.2 Å². The summed E-state index contributed by atoms with van der Waals surface area (Å²) in [7, 11) is -0.552. The molecule has 0 fully saturated rings. The summed E-state index contributed by atoms with van der Waals surface area (Å²) in [5.74, 6) is -0.115. The van der Waals surface area contributed by atoms with Gasteiger partial charge in [-0.2, -0.15) is 0 Å². The number of methoxy groups -OCH3 is 2. The fourth-order valence-electron chi connectivity index (χ4n) is 3.34. The molecular weight excluding hydrogens is 378 g/mol. The Morgan fingerprint density at radius 2 is 1.68 bits per heavy atom. The predicted molar refractivity (Wildman–Crippen MR) is 108 cm³/mol. The van der Waals surface area contributed by atoms with Gasteiger partial charge in [0.25, 0.3) is 0 Å². The second kappa shape index (κ2) is 8.75. The molecule has 0 unspecified atom stereocenters. The number of rotatable bonds is 8. The first-order chi connectivity index (χ1) is 13.4. The third-order valence-corrected chi connectivity index (χ3v) is 6.46. The van der Waals surface area contributed by atoms with Gasteiger partial charge >= 0.3 is 0 Å². The number of nitrogens with zero attached hydrogens (tertiary/aromatic N) is 1. The Labute approximate surface area is 166 Å². The Bertz CT molecular complexity index is 933. The molecule has 0 aromatic heterocycles. The number of ether oxygens (including phenoxy) is 2. The maximum absolute atomic E-state index is 12.5. The molecule has 1 aliphatic heterocycles. The quantitative estimate of drug-likeness (QED) is 0.630. The summed E-state index contributed by atoms with van der Waals surface area (Å²) in [5.41, 5.74) is 2.83. The third-order valence-electron chi connectivity index (χ3n) is 4.95. The highest BCUT2D eigenvalue weighted by Crippen LogP contribution is 2.23. The number of ketones is 1. The largest absolute Gasteiger partial charge is 0.497 e. The molecule has 0 saturated carbocycles. The Morgan fingerprint density at radius 1 is 1.04 bits per heavy atom. The molecule has 0 N–H and O–H groups in total. The number of sulfone groups is 1. The van der Waals surface area contributed by atoms with Crippen LogP contribution in [0, 0.1) is 0 Å². The molecule has 1 heterocycles. The lowest BCUT2D eigenvalue weighted by Gasteiger charge is -2.28. The van der Waals surface area contributed by atoms with E-state index in [-0.39, 0.29) is 11.3 Å². The van der Waals surface area contributed by atoms with Crippen molar-refractivity contribution in [3.63, 3.8) is 0 Å². The highest BCUT2D eigenvalue weighted by molar-refractivity contribution is 7.92. The zero-order valence-electron chi connectivity index (χ0n) is 16.2. The standard InChI is InChI=1S/C21H25NO5S/c1-26-19-11-18(12-20(13-19)27-2)21(23)15-28(24,25)10-9-22-8-7-16-5-3-4-6-17(16)14-22/h3-6,11-13H,7-10,14-15H2,1-2H3. The van der Waals surface area contributed by atoms with Crippen molar-refractivity contribution in [2.45, 2.75) is 13.0 Å². The van der Waals surface area contributed by atoms with Gasteiger partial charge in [-0.25, -0.2) is 8.42 Å². The number of fused-ring (bicyclic) bond motifs is 1. The van der Waals surface area contributed by atoms with Gasteiger partial charge in [0, 0.05) is 31.3 Å². The average molecular weight is 404 g/mol. The van der Waals surface area contributed by atoms with Crippen LogP contribution in [0.3, 0.4) is 0 Å². The molecule has 6 nitrogen and oxygen atoms in total. The van der Waals surface area contributed by atoms with E-state index in [0.717, 1.165) is 19.5 Å². The van der Waals surface area contributed by atoms with Crippen molar-refractivity contribution in [1.82, 2.24) is 4.90 Å². The zero-order chi connectivity index (χ0) is 20.1. The van der Waals surface area contributed by atoms with Crippen molar-refractivity contribution in [2.24, 2.45) is 0 Å². The Hall–Kier alpha value is -2.38. The summed E-state index contributed by atoms with van der Waals surface area (Å²) in [6.07, 6.45) is 0.915. The van der Waals surface area contributed by atoms with E-state index < -0.39 is 21.4 Å². The van der Waals surface area contributed by atoms with Crippen LogP contribution >= 0.6 is 0 Å². The van der Waals surface area contributed by atoms with Gasteiger partial charge in [-0.15, -0.1) is 0 Å². The number of carbonyl (C=O) groups is 1. The lowest BCUT2D eigenvalue weighted by atomic mass is 10.0. The first-order valence-electron chi connectivity index (χ1n) is 9.16. The topological polar surface area (TPSA) is 72.9 Å². The maximum atomic E-state index is 12.5. The summed E-state index contributed by atoms with van der Waals surface area (Å²) < 4.78 is 35.3. The fourth-order valence-corrected chi connectivity index (χ4v) is 4.58. The van der Waals surface area contributed by atoms with Gasteiger partial charge in [-0.1, -0.05) is 24.3 Å². The molecule has 1 aliphatic rings. The smallest absolute Gasteiger partial charge is 0.178 e. The minimum absolute atomic E-state index is 0.0397. The number of benzene rings is 2. The van der Waals surface area contributed by atoms with Crippen LogP contribution in [0.25, 0.3) is 0 Å². The summed E-state index contributed by atoms with van der Waals surface area (Å²) in [6, 6.07) is 12.9. The molecule has 150 valence electrons. The second-order valence-electron chi connectivity index (χ2n) is 6.91. The lowest BCUT2D eigenvalue weighted by molar-refractivity contribution is 0.102. The fraction of sp³-hybridized carbons (Fsp3) is 0.381. The van der Waals surface area contributed by atoms with Gasteiger partial charge in [-0.05, 0) is 29.7 Å². The highest BCUT2D eigenvalue weighted by atomic mass is 32.2. The molecule has 0 amide bonds. The molecule has 0 saturated heterocycles. The molecular formula is C21H25NO5S. The van der Waals surface area contributed by atoms with Crippen LogP contribution in [0.15, 0.2) is 42.5 Å². The van der Waals surface area contributed by atoms with Crippen molar-refractivity contribution in [1.29, 1.82) is 0 Å². The molecule has 0 bridgehead atoms. The Morgan fingerprint density at radius 3 is 2.32 bits per heavy atom. The molecule has 2 aromatic rings. The number of hydrogen-bond donors (Lipinski definition) is 0. The van der Waals surface area contributed by atoms with E-state index in [1.165, 1.54) is 37.5 Å². The molecule has 0 atom stereocenters.